The van der Waals surface area contributed by atoms with Crippen LogP contribution >= 0.6 is 0 Å². The van der Waals surface area contributed by atoms with Crippen LogP contribution in [0.2, 0.25) is 0 Å². The lowest BCUT2D eigenvalue weighted by molar-refractivity contribution is -0.120. The zero-order valence-electron chi connectivity index (χ0n) is 15.7. The number of H-pyrrole nitrogens is 1. The molecular formula is C21H19FN4O3. The van der Waals surface area contributed by atoms with Crippen molar-refractivity contribution < 1.29 is 18.7 Å². The maximum Gasteiger partial charge on any atom is 0.255 e. The van der Waals surface area contributed by atoms with Crippen LogP contribution in [0.1, 0.15) is 34.5 Å². The summed E-state index contributed by atoms with van der Waals surface area (Å²) >= 11 is 0. The molecule has 4 rings (SSSR count). The van der Waals surface area contributed by atoms with Crippen molar-refractivity contribution in [2.24, 2.45) is 5.73 Å². The van der Waals surface area contributed by atoms with Crippen LogP contribution in [-0.2, 0) is 4.79 Å². The zero-order valence-corrected chi connectivity index (χ0v) is 15.7. The van der Waals surface area contributed by atoms with Gasteiger partial charge in [-0.3, -0.25) is 14.7 Å². The van der Waals surface area contributed by atoms with Gasteiger partial charge < -0.3 is 15.8 Å². The summed E-state index contributed by atoms with van der Waals surface area (Å²) in [4.78, 5) is 24.4. The fraction of sp³-hybridized carbons (Fsp3) is 0.190. The quantitative estimate of drug-likeness (QED) is 0.597. The first-order chi connectivity index (χ1) is 13.9. The lowest BCUT2D eigenvalue weighted by Gasteiger charge is -2.15. The number of hydrogen-bond acceptors (Lipinski definition) is 4. The van der Waals surface area contributed by atoms with Gasteiger partial charge in [0.25, 0.3) is 5.91 Å². The summed E-state index contributed by atoms with van der Waals surface area (Å²) in [5, 5.41) is 10.5. The number of carbonyl (C=O) groups is 2. The van der Waals surface area contributed by atoms with E-state index in [0.717, 1.165) is 5.56 Å². The topological polar surface area (TPSA) is 110 Å². The van der Waals surface area contributed by atoms with Gasteiger partial charge in [-0.05, 0) is 48.7 Å². The number of halogens is 1. The molecule has 1 saturated carbocycles. The van der Waals surface area contributed by atoms with Gasteiger partial charge in [0, 0.05) is 0 Å². The van der Waals surface area contributed by atoms with Crippen LogP contribution < -0.4 is 15.8 Å². The maximum atomic E-state index is 13.1. The fourth-order valence-corrected chi connectivity index (χ4v) is 3.21. The number of carbonyl (C=O) groups excluding carboxylic acids is 2. The average molecular weight is 394 g/mol. The molecule has 0 saturated heterocycles. The van der Waals surface area contributed by atoms with Gasteiger partial charge in [0.1, 0.15) is 17.1 Å². The lowest BCUT2D eigenvalue weighted by Crippen LogP contribution is -2.46. The van der Waals surface area contributed by atoms with Gasteiger partial charge in [-0.2, -0.15) is 5.10 Å². The van der Waals surface area contributed by atoms with Gasteiger partial charge in [0.2, 0.25) is 5.91 Å². The molecule has 7 nitrogen and oxygen atoms in total. The average Bonchev–Trinajstić information content (AvgIpc) is 3.38. The number of nitrogens with one attached hydrogen (secondary N) is 2. The minimum atomic E-state index is -0.973. The number of aromatic amines is 1. The van der Waals surface area contributed by atoms with Gasteiger partial charge in [-0.15, -0.1) is 0 Å². The maximum absolute atomic E-state index is 13.1. The summed E-state index contributed by atoms with van der Waals surface area (Å²) in [6.07, 6.45) is 4.62. The second kappa shape index (κ2) is 7.05. The van der Waals surface area contributed by atoms with E-state index in [4.69, 9.17) is 10.5 Å². The van der Waals surface area contributed by atoms with Gasteiger partial charge in [-0.25, -0.2) is 4.39 Å². The molecule has 0 radical (unpaired) electrons. The van der Waals surface area contributed by atoms with Gasteiger partial charge in [-0.1, -0.05) is 18.2 Å². The van der Waals surface area contributed by atoms with Gasteiger partial charge in [0.15, 0.2) is 0 Å². The standard InChI is InChI=1S/C21H19FN4O3/c1-29-18-14(19(27)24-21(10-11-21)20(23)28)7-9-16-17(18)15(25-26-16)8-4-12-2-5-13(22)6-3-12/h2-9H,10-11H2,1H3,(H2,23,28)(H,24,27)(H,25,26). The Morgan fingerprint density at radius 1 is 1.21 bits per heavy atom. The van der Waals surface area contributed by atoms with Crippen molar-refractivity contribution in [3.8, 4) is 5.75 Å². The summed E-state index contributed by atoms with van der Waals surface area (Å²) in [6.45, 7) is 0. The van der Waals surface area contributed by atoms with Gasteiger partial charge >= 0.3 is 0 Å². The molecule has 148 valence electrons. The number of nitrogens with two attached hydrogens (primary N) is 1. The Morgan fingerprint density at radius 3 is 2.55 bits per heavy atom. The van der Waals surface area contributed by atoms with E-state index >= 15 is 0 Å². The minimum Gasteiger partial charge on any atom is -0.495 e. The number of ether oxygens (including phenoxy) is 1. The number of benzene rings is 2. The normalized spacial score (nSPS) is 14.8. The molecule has 1 aliphatic rings. The molecule has 0 spiro atoms. The highest BCUT2D eigenvalue weighted by Gasteiger charge is 2.50. The predicted molar refractivity (Wildman–Crippen MR) is 107 cm³/mol. The van der Waals surface area contributed by atoms with Crippen molar-refractivity contribution in [1.29, 1.82) is 0 Å². The molecule has 1 aliphatic carbocycles. The first kappa shape index (κ1) is 18.7. The fourth-order valence-electron chi connectivity index (χ4n) is 3.21. The first-order valence-electron chi connectivity index (χ1n) is 9.05. The van der Waals surface area contributed by atoms with E-state index in [-0.39, 0.29) is 11.4 Å². The number of aromatic nitrogens is 2. The summed E-state index contributed by atoms with van der Waals surface area (Å²) in [7, 11) is 1.47. The number of methoxy groups -OCH3 is 1. The van der Waals surface area contributed by atoms with E-state index in [1.807, 2.05) is 0 Å². The molecule has 2 aromatic carbocycles. The first-order valence-corrected chi connectivity index (χ1v) is 9.05. The lowest BCUT2D eigenvalue weighted by atomic mass is 10.1. The van der Waals surface area contributed by atoms with Crippen LogP contribution in [-0.4, -0.2) is 34.7 Å². The largest absolute Gasteiger partial charge is 0.495 e. The SMILES string of the molecule is COc1c(C(=O)NC2(C(N)=O)CC2)ccc2n[nH]c(C=Cc3ccc(F)cc3)c12. The summed E-state index contributed by atoms with van der Waals surface area (Å²) < 4.78 is 18.6. The second-order valence-corrected chi connectivity index (χ2v) is 6.96. The molecule has 8 heteroatoms. The van der Waals surface area contributed by atoms with Gasteiger partial charge in [0.05, 0.1) is 29.3 Å². The third kappa shape index (κ3) is 3.44. The number of nitrogens with zero attached hydrogens (tertiary/aromatic N) is 1. The van der Waals surface area contributed by atoms with Crippen molar-refractivity contribution in [3.05, 3.63) is 59.0 Å². The molecule has 29 heavy (non-hydrogen) atoms. The van der Waals surface area contributed by atoms with E-state index < -0.39 is 17.4 Å². The molecule has 4 N–H and O–H groups in total. The van der Waals surface area contributed by atoms with E-state index in [1.54, 1.807) is 36.4 Å². The minimum absolute atomic E-state index is 0.283. The number of rotatable bonds is 6. The molecule has 0 aliphatic heterocycles. The number of amides is 2. The van der Waals surface area contributed by atoms with Crippen molar-refractivity contribution in [2.45, 2.75) is 18.4 Å². The second-order valence-electron chi connectivity index (χ2n) is 6.96. The highest BCUT2D eigenvalue weighted by Crippen LogP contribution is 2.37. The molecule has 0 bridgehead atoms. The molecule has 2 amide bonds. The van der Waals surface area contributed by atoms with E-state index in [9.17, 15) is 14.0 Å². The number of hydrogen-bond donors (Lipinski definition) is 3. The Balaban J connectivity index is 1.71. The molecule has 0 unspecified atom stereocenters. The smallest absolute Gasteiger partial charge is 0.255 e. The summed E-state index contributed by atoms with van der Waals surface area (Å²) in [5.74, 6) is -0.949. The number of primary amides is 1. The van der Waals surface area contributed by atoms with E-state index in [0.29, 0.717) is 35.2 Å². The Kier molecular flexibility index (Phi) is 4.54. The van der Waals surface area contributed by atoms with Crippen LogP contribution in [0.25, 0.3) is 23.1 Å². The van der Waals surface area contributed by atoms with Crippen LogP contribution in [0, 0.1) is 5.82 Å². The Hall–Kier alpha value is -3.68. The van der Waals surface area contributed by atoms with Crippen LogP contribution in [0.15, 0.2) is 36.4 Å². The van der Waals surface area contributed by atoms with Crippen LogP contribution in [0.3, 0.4) is 0 Å². The van der Waals surface area contributed by atoms with E-state index in [1.165, 1.54) is 19.2 Å². The highest BCUT2D eigenvalue weighted by molar-refractivity contribution is 6.07. The zero-order chi connectivity index (χ0) is 20.6. The Morgan fingerprint density at radius 2 is 1.93 bits per heavy atom. The van der Waals surface area contributed by atoms with Crippen LogP contribution in [0.4, 0.5) is 4.39 Å². The molecule has 3 aromatic rings. The summed E-state index contributed by atoms with van der Waals surface area (Å²) in [6, 6.07) is 9.35. The monoisotopic (exact) mass is 394 g/mol. The van der Waals surface area contributed by atoms with Crippen LogP contribution in [0.5, 0.6) is 5.75 Å². The van der Waals surface area contributed by atoms with Crippen molar-refractivity contribution >= 4 is 34.9 Å². The molecular weight excluding hydrogens is 375 g/mol. The van der Waals surface area contributed by atoms with Crippen molar-refractivity contribution in [1.82, 2.24) is 15.5 Å². The predicted octanol–water partition coefficient (Wildman–Crippen LogP) is 2.63. The molecule has 0 atom stereocenters. The highest BCUT2D eigenvalue weighted by atomic mass is 19.1. The third-order valence-corrected chi connectivity index (χ3v) is 5.04. The Bertz CT molecular complexity index is 1130. The summed E-state index contributed by atoms with van der Waals surface area (Å²) in [5.41, 5.74) is 6.76. The van der Waals surface area contributed by atoms with Crippen molar-refractivity contribution in [3.63, 3.8) is 0 Å². The van der Waals surface area contributed by atoms with Crippen molar-refractivity contribution in [2.75, 3.05) is 7.11 Å². The Labute approximate surface area is 165 Å². The molecule has 1 aromatic heterocycles. The van der Waals surface area contributed by atoms with E-state index in [2.05, 4.69) is 15.5 Å². The molecule has 1 fully saturated rings. The number of fused-ring (bicyclic) bond motifs is 1. The third-order valence-electron chi connectivity index (χ3n) is 5.04. The molecule has 1 heterocycles.